The number of benzene rings is 1. The minimum Gasteiger partial charge on any atom is -0.496 e. The summed E-state index contributed by atoms with van der Waals surface area (Å²) in [5.74, 6) is 1.87. The lowest BCUT2D eigenvalue weighted by atomic mass is 9.81. The second-order valence-corrected chi connectivity index (χ2v) is 9.00. The number of rotatable bonds is 10. The van der Waals surface area contributed by atoms with E-state index in [4.69, 9.17) is 14.2 Å². The molecular formula is C25H39N3O5. The number of nitrogens with one attached hydrogen (secondary N) is 2. The lowest BCUT2D eigenvalue weighted by Gasteiger charge is -2.29. The Bertz CT molecular complexity index is 807. The largest absolute Gasteiger partial charge is 0.496 e. The highest BCUT2D eigenvalue weighted by molar-refractivity contribution is 5.97. The summed E-state index contributed by atoms with van der Waals surface area (Å²) in [6.07, 6.45) is 6.01. The Hall–Kier alpha value is -2.48. The van der Waals surface area contributed by atoms with E-state index >= 15 is 0 Å². The van der Waals surface area contributed by atoms with E-state index < -0.39 is 0 Å². The zero-order valence-corrected chi connectivity index (χ0v) is 20.4. The maximum Gasteiger partial charge on any atom is 0.255 e. The van der Waals surface area contributed by atoms with Gasteiger partial charge in [-0.15, -0.1) is 0 Å². The van der Waals surface area contributed by atoms with Gasteiger partial charge in [0.2, 0.25) is 5.91 Å². The average Bonchev–Trinajstić information content (AvgIpc) is 3.32. The van der Waals surface area contributed by atoms with E-state index in [-0.39, 0.29) is 17.7 Å². The van der Waals surface area contributed by atoms with Gasteiger partial charge in [0.15, 0.2) is 11.5 Å². The standard InChI is InChI=1S/C25H39N3O5/c1-5-28-12-6-7-19(28)16-27-24(29)18-10-8-17(9-11-18)15-26-25(30)20-13-22(32-3)23(33-4)14-21(20)31-2/h13-14,17-19H,5-12,15-16H2,1-4H3,(H,26,30)(H,27,29). The van der Waals surface area contributed by atoms with Gasteiger partial charge in [-0.3, -0.25) is 14.5 Å². The lowest BCUT2D eigenvalue weighted by molar-refractivity contribution is -0.126. The second-order valence-electron chi connectivity index (χ2n) is 9.00. The van der Waals surface area contributed by atoms with Gasteiger partial charge in [0, 0.05) is 37.2 Å². The van der Waals surface area contributed by atoms with E-state index in [2.05, 4.69) is 22.5 Å². The third-order valence-electron chi connectivity index (χ3n) is 7.14. The van der Waals surface area contributed by atoms with E-state index in [1.165, 1.54) is 27.1 Å². The molecule has 1 aliphatic heterocycles. The Morgan fingerprint density at radius 1 is 0.909 bits per heavy atom. The predicted molar refractivity (Wildman–Crippen MR) is 127 cm³/mol. The number of amides is 2. The monoisotopic (exact) mass is 461 g/mol. The van der Waals surface area contributed by atoms with Crippen molar-refractivity contribution in [3.63, 3.8) is 0 Å². The minimum atomic E-state index is -0.204. The summed E-state index contributed by atoms with van der Waals surface area (Å²) in [5.41, 5.74) is 0.413. The van der Waals surface area contributed by atoms with Crippen molar-refractivity contribution < 1.29 is 23.8 Å². The smallest absolute Gasteiger partial charge is 0.255 e. The molecule has 0 aromatic heterocycles. The van der Waals surface area contributed by atoms with E-state index in [0.717, 1.165) is 45.3 Å². The zero-order valence-electron chi connectivity index (χ0n) is 20.4. The summed E-state index contributed by atoms with van der Waals surface area (Å²) in [4.78, 5) is 27.9. The molecule has 2 N–H and O–H groups in total. The van der Waals surface area contributed by atoms with Crippen LogP contribution in [0.15, 0.2) is 12.1 Å². The SMILES string of the molecule is CCN1CCCC1CNC(=O)C1CCC(CNC(=O)c2cc(OC)c(OC)cc2OC)CC1. The van der Waals surface area contributed by atoms with Gasteiger partial charge in [-0.2, -0.15) is 0 Å². The Kier molecular flexibility index (Phi) is 9.23. The summed E-state index contributed by atoms with van der Waals surface area (Å²) in [6.45, 7) is 5.71. The number of methoxy groups -OCH3 is 3. The number of likely N-dealkylation sites (tertiary alicyclic amines) is 1. The Balaban J connectivity index is 1.45. The third-order valence-corrected chi connectivity index (χ3v) is 7.14. The third kappa shape index (κ3) is 6.31. The molecule has 1 atom stereocenters. The first-order valence-electron chi connectivity index (χ1n) is 12.1. The highest BCUT2D eigenvalue weighted by atomic mass is 16.5. The van der Waals surface area contributed by atoms with Crippen molar-refractivity contribution in [3.05, 3.63) is 17.7 Å². The number of likely N-dealkylation sites (N-methyl/N-ethyl adjacent to an activating group) is 1. The molecule has 1 unspecified atom stereocenters. The van der Waals surface area contributed by atoms with Crippen LogP contribution < -0.4 is 24.8 Å². The first kappa shape index (κ1) is 25.1. The van der Waals surface area contributed by atoms with Gasteiger partial charge < -0.3 is 24.8 Å². The molecule has 8 nitrogen and oxygen atoms in total. The molecule has 1 aromatic rings. The van der Waals surface area contributed by atoms with Crippen LogP contribution in [-0.4, -0.2) is 70.3 Å². The predicted octanol–water partition coefficient (Wildman–Crippen LogP) is 2.85. The molecule has 1 saturated heterocycles. The van der Waals surface area contributed by atoms with Crippen molar-refractivity contribution in [3.8, 4) is 17.2 Å². The normalized spacial score (nSPS) is 23.1. The van der Waals surface area contributed by atoms with Crippen LogP contribution in [0.3, 0.4) is 0 Å². The Morgan fingerprint density at radius 3 is 2.21 bits per heavy atom. The maximum atomic E-state index is 12.8. The highest BCUT2D eigenvalue weighted by Crippen LogP contribution is 2.35. The van der Waals surface area contributed by atoms with Gasteiger partial charge in [-0.05, 0) is 57.5 Å². The van der Waals surface area contributed by atoms with E-state index in [1.807, 2.05) is 0 Å². The van der Waals surface area contributed by atoms with Gasteiger partial charge in [0.25, 0.3) is 5.91 Å². The Morgan fingerprint density at radius 2 is 1.58 bits per heavy atom. The first-order chi connectivity index (χ1) is 16.0. The number of hydrogen-bond donors (Lipinski definition) is 2. The molecule has 1 heterocycles. The van der Waals surface area contributed by atoms with Crippen LogP contribution in [0.4, 0.5) is 0 Å². The molecule has 1 saturated carbocycles. The number of nitrogens with zero attached hydrogens (tertiary/aromatic N) is 1. The topological polar surface area (TPSA) is 89.1 Å². The average molecular weight is 462 g/mol. The molecule has 2 aliphatic rings. The van der Waals surface area contributed by atoms with Gasteiger partial charge in [-0.25, -0.2) is 0 Å². The van der Waals surface area contributed by atoms with Gasteiger partial charge >= 0.3 is 0 Å². The zero-order chi connectivity index (χ0) is 23.8. The summed E-state index contributed by atoms with van der Waals surface area (Å²) in [5, 5.41) is 6.22. The van der Waals surface area contributed by atoms with Gasteiger partial charge in [0.1, 0.15) is 5.75 Å². The molecule has 184 valence electrons. The minimum absolute atomic E-state index is 0.0828. The fourth-order valence-corrected chi connectivity index (χ4v) is 5.07. The van der Waals surface area contributed by atoms with Crippen LogP contribution in [0.1, 0.15) is 55.8 Å². The first-order valence-corrected chi connectivity index (χ1v) is 12.1. The van der Waals surface area contributed by atoms with Crippen molar-refractivity contribution in [2.75, 3.05) is 47.5 Å². The molecule has 2 fully saturated rings. The van der Waals surface area contributed by atoms with Gasteiger partial charge in [-0.1, -0.05) is 6.92 Å². The summed E-state index contributed by atoms with van der Waals surface area (Å²) in [6, 6.07) is 3.78. The van der Waals surface area contributed by atoms with E-state index in [1.54, 1.807) is 19.2 Å². The second kappa shape index (κ2) is 12.1. The molecule has 0 bridgehead atoms. The van der Waals surface area contributed by atoms with Crippen molar-refractivity contribution in [2.45, 2.75) is 51.5 Å². The summed E-state index contributed by atoms with van der Waals surface area (Å²) >= 11 is 0. The number of ether oxygens (including phenoxy) is 3. The fourth-order valence-electron chi connectivity index (χ4n) is 5.07. The van der Waals surface area contributed by atoms with E-state index in [9.17, 15) is 9.59 Å². The van der Waals surface area contributed by atoms with Crippen LogP contribution in [0.25, 0.3) is 0 Å². The molecular weight excluding hydrogens is 422 g/mol. The molecule has 2 amide bonds. The van der Waals surface area contributed by atoms with Crippen molar-refractivity contribution in [1.29, 1.82) is 0 Å². The van der Waals surface area contributed by atoms with Crippen LogP contribution in [0.5, 0.6) is 17.2 Å². The highest BCUT2D eigenvalue weighted by Gasteiger charge is 2.29. The molecule has 0 spiro atoms. The lowest BCUT2D eigenvalue weighted by Crippen LogP contribution is -2.43. The van der Waals surface area contributed by atoms with Crippen LogP contribution in [-0.2, 0) is 4.79 Å². The molecule has 0 radical (unpaired) electrons. The summed E-state index contributed by atoms with van der Waals surface area (Å²) in [7, 11) is 4.60. The van der Waals surface area contributed by atoms with Crippen LogP contribution >= 0.6 is 0 Å². The van der Waals surface area contributed by atoms with Crippen LogP contribution in [0, 0.1) is 11.8 Å². The number of carbonyl (C=O) groups is 2. The maximum absolute atomic E-state index is 12.8. The van der Waals surface area contributed by atoms with Crippen molar-refractivity contribution >= 4 is 11.8 Å². The molecule has 3 rings (SSSR count). The number of carbonyl (C=O) groups excluding carboxylic acids is 2. The fraction of sp³-hybridized carbons (Fsp3) is 0.680. The van der Waals surface area contributed by atoms with Crippen molar-refractivity contribution in [1.82, 2.24) is 15.5 Å². The molecule has 33 heavy (non-hydrogen) atoms. The van der Waals surface area contributed by atoms with E-state index in [0.29, 0.717) is 41.3 Å². The molecule has 1 aliphatic carbocycles. The van der Waals surface area contributed by atoms with Crippen molar-refractivity contribution in [2.24, 2.45) is 11.8 Å². The molecule has 1 aromatic carbocycles. The van der Waals surface area contributed by atoms with Crippen LogP contribution in [0.2, 0.25) is 0 Å². The Labute approximate surface area is 197 Å². The number of hydrogen-bond acceptors (Lipinski definition) is 6. The molecule has 8 heteroatoms. The summed E-state index contributed by atoms with van der Waals surface area (Å²) < 4.78 is 16.0. The van der Waals surface area contributed by atoms with Gasteiger partial charge in [0.05, 0.1) is 26.9 Å². The quantitative estimate of drug-likeness (QED) is 0.557.